The van der Waals surface area contributed by atoms with Crippen molar-refractivity contribution >= 4 is 22.7 Å². The lowest BCUT2D eigenvalue weighted by Crippen LogP contribution is -2.32. The molecule has 6 aromatic carbocycles. The zero-order chi connectivity index (χ0) is 31.0. The summed E-state index contributed by atoms with van der Waals surface area (Å²) in [4.78, 5) is 12.8. The maximum absolute atomic E-state index is 5.93. The van der Waals surface area contributed by atoms with Crippen molar-refractivity contribution in [3.05, 3.63) is 180 Å². The molecule has 1 aliphatic carbocycles. The average Bonchev–Trinajstić information content (AvgIpc) is 3.74. The van der Waals surface area contributed by atoms with E-state index in [0.717, 1.165) is 44.9 Å². The second-order valence-corrected chi connectivity index (χ2v) is 13.1. The van der Waals surface area contributed by atoms with E-state index >= 15 is 0 Å². The maximum Gasteiger partial charge on any atom is 0.160 e. The van der Waals surface area contributed by atoms with Crippen molar-refractivity contribution in [3.8, 4) is 45.0 Å². The van der Waals surface area contributed by atoms with Gasteiger partial charge in [0.25, 0.3) is 0 Å². The summed E-state index contributed by atoms with van der Waals surface area (Å²) < 4.78 is 5.93. The summed E-state index contributed by atoms with van der Waals surface area (Å²) in [6.07, 6.45) is 1.80. The quantitative estimate of drug-likeness (QED) is 0.197. The number of fused-ring (bicyclic) bond motifs is 11. The van der Waals surface area contributed by atoms with Gasteiger partial charge < -0.3 is 4.42 Å². The number of hydrogen-bond acceptors (Lipinski definition) is 4. The SMILES string of the molecule is c1ccc(-c2cc(-c3cccc4c3Sc3ccccc3C43c4ccccc4-c4c3ccc3occc43)nc(-c3ccccc3)n2)cc1. The van der Waals surface area contributed by atoms with Crippen molar-refractivity contribution in [1.82, 2.24) is 9.97 Å². The fourth-order valence-corrected chi connectivity index (χ4v) is 9.03. The van der Waals surface area contributed by atoms with Gasteiger partial charge in [0.05, 0.1) is 23.1 Å². The molecule has 0 amide bonds. The molecule has 1 unspecified atom stereocenters. The van der Waals surface area contributed by atoms with Crippen LogP contribution in [0.4, 0.5) is 0 Å². The minimum Gasteiger partial charge on any atom is -0.464 e. The highest BCUT2D eigenvalue weighted by Gasteiger charge is 2.51. The van der Waals surface area contributed by atoms with Crippen LogP contribution in [0.3, 0.4) is 0 Å². The van der Waals surface area contributed by atoms with E-state index in [1.807, 2.05) is 36.0 Å². The number of hydrogen-bond donors (Lipinski definition) is 0. The minimum atomic E-state index is -0.498. The highest BCUT2D eigenvalue weighted by atomic mass is 32.2. The van der Waals surface area contributed by atoms with Crippen LogP contribution in [-0.4, -0.2) is 9.97 Å². The highest BCUT2D eigenvalue weighted by Crippen LogP contribution is 2.64. The van der Waals surface area contributed by atoms with Crippen molar-refractivity contribution in [1.29, 1.82) is 0 Å². The first kappa shape index (κ1) is 26.5. The first-order valence-electron chi connectivity index (χ1n) is 15.8. The molecule has 8 aromatic rings. The minimum absolute atomic E-state index is 0.498. The summed E-state index contributed by atoms with van der Waals surface area (Å²) in [6, 6.07) is 53.9. The molecule has 3 heterocycles. The Balaban J connectivity index is 1.29. The summed E-state index contributed by atoms with van der Waals surface area (Å²) >= 11 is 1.84. The molecule has 0 saturated heterocycles. The Kier molecular flexibility index (Phi) is 5.72. The van der Waals surface area contributed by atoms with Gasteiger partial charge in [0.2, 0.25) is 0 Å². The van der Waals surface area contributed by atoms with E-state index in [1.54, 1.807) is 6.26 Å². The van der Waals surface area contributed by atoms with E-state index in [2.05, 4.69) is 127 Å². The van der Waals surface area contributed by atoms with E-state index in [0.29, 0.717) is 0 Å². The van der Waals surface area contributed by atoms with Crippen molar-refractivity contribution in [2.45, 2.75) is 15.2 Å². The van der Waals surface area contributed by atoms with Crippen LogP contribution in [0, 0.1) is 0 Å². The molecule has 2 aliphatic rings. The smallest absolute Gasteiger partial charge is 0.160 e. The van der Waals surface area contributed by atoms with Gasteiger partial charge >= 0.3 is 0 Å². The molecule has 0 bridgehead atoms. The average molecular weight is 619 g/mol. The molecule has 220 valence electrons. The molecule has 3 nitrogen and oxygen atoms in total. The van der Waals surface area contributed by atoms with Gasteiger partial charge in [-0.25, -0.2) is 9.97 Å². The van der Waals surface area contributed by atoms with Crippen LogP contribution in [0.1, 0.15) is 22.3 Å². The molecule has 0 N–H and O–H groups in total. The van der Waals surface area contributed by atoms with Crippen LogP contribution >= 0.6 is 11.8 Å². The molecule has 1 atom stereocenters. The standard InChI is InChI=1S/C43H26N2OS/c1-3-12-27(13-4-1)36-26-37(45-42(44-36)28-14-5-2-6-15-28)30-17-11-20-35-41(30)47-39-21-10-9-19-33(39)43(35)32-18-8-7-16-29(32)40-31-24-25-46-38(31)23-22-34(40)43/h1-26H. The van der Waals surface area contributed by atoms with Crippen LogP contribution < -0.4 is 0 Å². The summed E-state index contributed by atoms with van der Waals surface area (Å²) in [5.41, 5.74) is 13.1. The molecule has 4 heteroatoms. The van der Waals surface area contributed by atoms with Gasteiger partial charge in [-0.15, -0.1) is 0 Å². The van der Waals surface area contributed by atoms with Gasteiger partial charge in [-0.2, -0.15) is 0 Å². The van der Waals surface area contributed by atoms with E-state index < -0.39 is 5.41 Å². The molecule has 2 aromatic heterocycles. The van der Waals surface area contributed by atoms with Crippen molar-refractivity contribution in [3.63, 3.8) is 0 Å². The fraction of sp³-hybridized carbons (Fsp3) is 0.0233. The Bertz CT molecular complexity index is 2440. The maximum atomic E-state index is 5.93. The third kappa shape index (κ3) is 3.76. The summed E-state index contributed by atoms with van der Waals surface area (Å²) in [5.74, 6) is 0.717. The molecule has 47 heavy (non-hydrogen) atoms. The van der Waals surface area contributed by atoms with E-state index in [9.17, 15) is 0 Å². The Morgan fingerprint density at radius 2 is 1.19 bits per heavy atom. The molecule has 0 radical (unpaired) electrons. The first-order chi connectivity index (χ1) is 23.3. The van der Waals surface area contributed by atoms with Crippen LogP contribution in [-0.2, 0) is 5.41 Å². The van der Waals surface area contributed by atoms with Gasteiger partial charge in [-0.1, -0.05) is 139 Å². The molecular weight excluding hydrogens is 593 g/mol. The lowest BCUT2D eigenvalue weighted by Gasteiger charge is -2.40. The van der Waals surface area contributed by atoms with E-state index in [1.165, 1.54) is 43.2 Å². The Morgan fingerprint density at radius 3 is 2.04 bits per heavy atom. The van der Waals surface area contributed by atoms with Crippen LogP contribution in [0.2, 0.25) is 0 Å². The van der Waals surface area contributed by atoms with Crippen LogP contribution in [0.25, 0.3) is 56.0 Å². The summed E-state index contributed by atoms with van der Waals surface area (Å²) in [5, 5.41) is 1.15. The third-order valence-electron chi connectivity index (χ3n) is 9.67. The lowest BCUT2D eigenvalue weighted by atomic mass is 9.67. The lowest BCUT2D eigenvalue weighted by molar-refractivity contribution is 0.615. The number of rotatable bonds is 3. The topological polar surface area (TPSA) is 38.9 Å². The van der Waals surface area contributed by atoms with Crippen LogP contribution in [0.15, 0.2) is 172 Å². The van der Waals surface area contributed by atoms with E-state index in [-0.39, 0.29) is 0 Å². The van der Waals surface area contributed by atoms with Gasteiger partial charge in [0.1, 0.15) is 5.58 Å². The largest absolute Gasteiger partial charge is 0.464 e. The predicted octanol–water partition coefficient (Wildman–Crippen LogP) is 11.1. The monoisotopic (exact) mass is 618 g/mol. The van der Waals surface area contributed by atoms with Crippen molar-refractivity contribution < 1.29 is 4.42 Å². The second kappa shape index (κ2) is 10.1. The second-order valence-electron chi connectivity index (χ2n) is 12.1. The number of aromatic nitrogens is 2. The van der Waals surface area contributed by atoms with Gasteiger partial charge in [-0.05, 0) is 57.6 Å². The van der Waals surface area contributed by atoms with Gasteiger partial charge in [-0.3, -0.25) is 0 Å². The molecule has 1 aliphatic heterocycles. The predicted molar refractivity (Wildman–Crippen MR) is 190 cm³/mol. The molecular formula is C43H26N2OS. The van der Waals surface area contributed by atoms with Crippen LogP contribution in [0.5, 0.6) is 0 Å². The normalized spacial score (nSPS) is 15.7. The molecule has 1 spiro atoms. The number of nitrogens with zero attached hydrogens (tertiary/aromatic N) is 2. The Hall–Kier alpha value is -5.71. The van der Waals surface area contributed by atoms with Gasteiger partial charge in [0.15, 0.2) is 5.82 Å². The Morgan fingerprint density at radius 1 is 0.511 bits per heavy atom. The molecule has 0 saturated carbocycles. The summed E-state index contributed by atoms with van der Waals surface area (Å²) in [7, 11) is 0. The molecule has 10 rings (SSSR count). The summed E-state index contributed by atoms with van der Waals surface area (Å²) in [6.45, 7) is 0. The number of furan rings is 1. The highest BCUT2D eigenvalue weighted by molar-refractivity contribution is 7.99. The third-order valence-corrected chi connectivity index (χ3v) is 10.9. The van der Waals surface area contributed by atoms with Crippen molar-refractivity contribution in [2.24, 2.45) is 0 Å². The fourth-order valence-electron chi connectivity index (χ4n) is 7.72. The van der Waals surface area contributed by atoms with Gasteiger partial charge in [0, 0.05) is 31.9 Å². The zero-order valence-corrected chi connectivity index (χ0v) is 26.0. The van der Waals surface area contributed by atoms with Crippen molar-refractivity contribution in [2.75, 3.05) is 0 Å². The first-order valence-corrected chi connectivity index (χ1v) is 16.6. The molecule has 0 fully saturated rings. The zero-order valence-electron chi connectivity index (χ0n) is 25.2. The Labute approximate surface area is 276 Å². The van der Waals surface area contributed by atoms with E-state index in [4.69, 9.17) is 14.4 Å². The number of benzene rings is 6.